The van der Waals surface area contributed by atoms with E-state index in [1.54, 1.807) is 16.8 Å². The minimum Gasteiger partial charge on any atom is -0.454 e. The van der Waals surface area contributed by atoms with Gasteiger partial charge in [0.25, 0.3) is 5.91 Å². The fourth-order valence-electron chi connectivity index (χ4n) is 3.91. The molecule has 0 spiro atoms. The van der Waals surface area contributed by atoms with Gasteiger partial charge in [-0.3, -0.25) is 9.69 Å². The van der Waals surface area contributed by atoms with Gasteiger partial charge in [0.2, 0.25) is 6.79 Å². The molecule has 0 aliphatic carbocycles. The van der Waals surface area contributed by atoms with E-state index in [0.29, 0.717) is 23.8 Å². The molecule has 2 aliphatic rings. The number of halogens is 1. The maximum Gasteiger partial charge on any atom is 0.276 e. The van der Waals surface area contributed by atoms with E-state index in [1.807, 2.05) is 36.1 Å². The van der Waals surface area contributed by atoms with E-state index in [0.717, 1.165) is 42.5 Å². The van der Waals surface area contributed by atoms with Crippen LogP contribution in [0.5, 0.6) is 11.5 Å². The van der Waals surface area contributed by atoms with Gasteiger partial charge >= 0.3 is 0 Å². The summed E-state index contributed by atoms with van der Waals surface area (Å²) in [6.45, 7) is 5.84. The molecule has 160 valence electrons. The summed E-state index contributed by atoms with van der Waals surface area (Å²) in [5.74, 6) is 1.51. The Hall–Kier alpha value is -3.10. The van der Waals surface area contributed by atoms with E-state index in [1.165, 1.54) is 5.56 Å². The smallest absolute Gasteiger partial charge is 0.276 e. The zero-order valence-corrected chi connectivity index (χ0v) is 17.9. The topological polar surface area (TPSA) is 72.7 Å². The predicted octanol–water partition coefficient (Wildman–Crippen LogP) is 2.92. The highest BCUT2D eigenvalue weighted by Gasteiger charge is 2.27. The summed E-state index contributed by atoms with van der Waals surface area (Å²) < 4.78 is 12.5. The van der Waals surface area contributed by atoms with Crippen molar-refractivity contribution in [1.82, 2.24) is 24.8 Å². The monoisotopic (exact) mass is 439 g/mol. The molecule has 1 fully saturated rings. The maximum atomic E-state index is 13.1. The Kier molecular flexibility index (Phi) is 5.25. The molecule has 3 aromatic rings. The van der Waals surface area contributed by atoms with Gasteiger partial charge in [-0.25, -0.2) is 4.68 Å². The van der Waals surface area contributed by atoms with Crippen LogP contribution in [0.15, 0.2) is 42.5 Å². The molecule has 0 atom stereocenters. The lowest BCUT2D eigenvalue weighted by Crippen LogP contribution is -2.48. The van der Waals surface area contributed by atoms with Crippen LogP contribution in [0.4, 0.5) is 0 Å². The first-order chi connectivity index (χ1) is 15.1. The second-order valence-corrected chi connectivity index (χ2v) is 8.10. The molecule has 5 rings (SSSR count). The SMILES string of the molecule is Cc1c(C(=O)N2CCN(Cc3ccc4c(c3)OCO4)CC2)nnn1-c1ccc(Cl)cc1. The molecule has 0 saturated carbocycles. The number of piperazine rings is 1. The number of benzene rings is 2. The lowest BCUT2D eigenvalue weighted by Gasteiger charge is -2.34. The summed E-state index contributed by atoms with van der Waals surface area (Å²) in [5.41, 5.74) is 3.10. The number of fused-ring (bicyclic) bond motifs is 1. The van der Waals surface area contributed by atoms with Crippen LogP contribution >= 0.6 is 11.6 Å². The third-order valence-corrected chi connectivity index (χ3v) is 5.92. The molecule has 9 heteroatoms. The van der Waals surface area contributed by atoms with Crippen LogP contribution in [0.1, 0.15) is 21.7 Å². The molecule has 3 heterocycles. The lowest BCUT2D eigenvalue weighted by molar-refractivity contribution is 0.0622. The van der Waals surface area contributed by atoms with Gasteiger partial charge in [-0.2, -0.15) is 0 Å². The van der Waals surface area contributed by atoms with E-state index in [9.17, 15) is 4.79 Å². The van der Waals surface area contributed by atoms with Crippen molar-refractivity contribution in [2.24, 2.45) is 0 Å². The van der Waals surface area contributed by atoms with Gasteiger partial charge < -0.3 is 14.4 Å². The van der Waals surface area contributed by atoms with Crippen LogP contribution in [-0.4, -0.2) is 63.7 Å². The minimum atomic E-state index is -0.0829. The van der Waals surface area contributed by atoms with Crippen molar-refractivity contribution >= 4 is 17.5 Å². The highest BCUT2D eigenvalue weighted by atomic mass is 35.5. The Bertz CT molecular complexity index is 1110. The number of ether oxygens (including phenoxy) is 2. The van der Waals surface area contributed by atoms with Crippen LogP contribution < -0.4 is 9.47 Å². The van der Waals surface area contributed by atoms with Crippen LogP contribution in [0, 0.1) is 6.92 Å². The van der Waals surface area contributed by atoms with E-state index >= 15 is 0 Å². The molecule has 31 heavy (non-hydrogen) atoms. The van der Waals surface area contributed by atoms with Crippen molar-refractivity contribution in [1.29, 1.82) is 0 Å². The van der Waals surface area contributed by atoms with Gasteiger partial charge in [0, 0.05) is 37.7 Å². The van der Waals surface area contributed by atoms with Crippen molar-refractivity contribution in [2.45, 2.75) is 13.5 Å². The average molecular weight is 440 g/mol. The third kappa shape index (κ3) is 3.96. The second-order valence-electron chi connectivity index (χ2n) is 7.67. The zero-order valence-electron chi connectivity index (χ0n) is 17.1. The molecule has 0 radical (unpaired) electrons. The highest BCUT2D eigenvalue weighted by Crippen LogP contribution is 2.32. The summed E-state index contributed by atoms with van der Waals surface area (Å²) in [7, 11) is 0. The summed E-state index contributed by atoms with van der Waals surface area (Å²) in [5, 5.41) is 8.98. The number of aromatic nitrogens is 3. The Morgan fingerprint density at radius 1 is 1.03 bits per heavy atom. The van der Waals surface area contributed by atoms with Crippen molar-refractivity contribution in [3.63, 3.8) is 0 Å². The number of carbonyl (C=O) groups is 1. The summed E-state index contributed by atoms with van der Waals surface area (Å²) >= 11 is 5.96. The van der Waals surface area contributed by atoms with Crippen molar-refractivity contribution in [2.75, 3.05) is 33.0 Å². The van der Waals surface area contributed by atoms with Gasteiger partial charge in [-0.15, -0.1) is 5.10 Å². The Morgan fingerprint density at radius 2 is 1.77 bits per heavy atom. The Balaban J connectivity index is 1.22. The van der Waals surface area contributed by atoms with Crippen molar-refractivity contribution < 1.29 is 14.3 Å². The number of carbonyl (C=O) groups excluding carboxylic acids is 1. The fraction of sp³-hybridized carbons (Fsp3) is 0.318. The number of hydrogen-bond donors (Lipinski definition) is 0. The minimum absolute atomic E-state index is 0.0829. The number of nitrogens with zero attached hydrogens (tertiary/aromatic N) is 5. The predicted molar refractivity (Wildman–Crippen MR) is 115 cm³/mol. The van der Waals surface area contributed by atoms with Gasteiger partial charge in [0.05, 0.1) is 11.4 Å². The molecular formula is C22H22ClN5O3. The normalized spacial score (nSPS) is 16.0. The summed E-state index contributed by atoms with van der Waals surface area (Å²) in [4.78, 5) is 17.2. The first-order valence-electron chi connectivity index (χ1n) is 10.2. The Labute approximate surface area is 184 Å². The van der Waals surface area contributed by atoms with Gasteiger partial charge in [-0.05, 0) is 48.9 Å². The van der Waals surface area contributed by atoms with Crippen molar-refractivity contribution in [3.05, 3.63) is 64.4 Å². The van der Waals surface area contributed by atoms with E-state index < -0.39 is 0 Å². The molecule has 0 unspecified atom stereocenters. The van der Waals surface area contributed by atoms with Crippen LogP contribution in [-0.2, 0) is 6.54 Å². The van der Waals surface area contributed by atoms with Gasteiger partial charge in [0.1, 0.15) is 0 Å². The molecule has 2 aliphatic heterocycles. The van der Waals surface area contributed by atoms with Gasteiger partial charge in [0.15, 0.2) is 17.2 Å². The first kappa shape index (κ1) is 19.8. The fourth-order valence-corrected chi connectivity index (χ4v) is 4.04. The third-order valence-electron chi connectivity index (χ3n) is 5.67. The molecule has 1 saturated heterocycles. The number of rotatable bonds is 4. The van der Waals surface area contributed by atoms with Crippen molar-refractivity contribution in [3.8, 4) is 17.2 Å². The van der Waals surface area contributed by atoms with Crippen LogP contribution in [0.25, 0.3) is 5.69 Å². The van der Waals surface area contributed by atoms with Crippen LogP contribution in [0.2, 0.25) is 5.02 Å². The summed E-state index contributed by atoms with van der Waals surface area (Å²) in [6, 6.07) is 13.3. The second kappa shape index (κ2) is 8.20. The summed E-state index contributed by atoms with van der Waals surface area (Å²) in [6.07, 6.45) is 0. The molecule has 0 bridgehead atoms. The average Bonchev–Trinajstić information content (AvgIpc) is 3.40. The largest absolute Gasteiger partial charge is 0.454 e. The standard InChI is InChI=1S/C22H22ClN5O3/c1-15-21(24-25-28(15)18-5-3-17(23)4-6-18)22(29)27-10-8-26(9-11-27)13-16-2-7-19-20(12-16)31-14-30-19/h2-7,12H,8-11,13-14H2,1H3. The molecule has 2 aromatic carbocycles. The lowest BCUT2D eigenvalue weighted by atomic mass is 10.1. The maximum absolute atomic E-state index is 13.1. The van der Waals surface area contributed by atoms with E-state index in [2.05, 4.69) is 21.3 Å². The number of hydrogen-bond acceptors (Lipinski definition) is 6. The highest BCUT2D eigenvalue weighted by molar-refractivity contribution is 6.30. The van der Waals surface area contributed by atoms with Crippen LogP contribution in [0.3, 0.4) is 0 Å². The quantitative estimate of drug-likeness (QED) is 0.622. The van der Waals surface area contributed by atoms with E-state index in [-0.39, 0.29) is 12.7 Å². The first-order valence-corrected chi connectivity index (χ1v) is 10.5. The number of amides is 1. The van der Waals surface area contributed by atoms with E-state index in [4.69, 9.17) is 21.1 Å². The molecule has 0 N–H and O–H groups in total. The molecule has 1 aromatic heterocycles. The molecular weight excluding hydrogens is 418 g/mol. The Morgan fingerprint density at radius 3 is 2.55 bits per heavy atom. The van der Waals surface area contributed by atoms with Gasteiger partial charge in [-0.1, -0.05) is 22.9 Å². The molecule has 8 nitrogen and oxygen atoms in total. The zero-order chi connectivity index (χ0) is 21.4. The molecule has 1 amide bonds.